The molecule has 0 fully saturated rings. The summed E-state index contributed by atoms with van der Waals surface area (Å²) in [6, 6.07) is 13.7. The fourth-order valence-electron chi connectivity index (χ4n) is 2.66. The van der Waals surface area contributed by atoms with Crippen LogP contribution in [0, 0.1) is 6.92 Å². The second-order valence-electron chi connectivity index (χ2n) is 6.14. The first-order chi connectivity index (χ1) is 12.5. The number of aryl methyl sites for hydroxylation is 1. The Morgan fingerprint density at radius 2 is 1.81 bits per heavy atom. The van der Waals surface area contributed by atoms with Crippen molar-refractivity contribution in [2.45, 2.75) is 27.3 Å². The molecule has 0 heterocycles. The van der Waals surface area contributed by atoms with Gasteiger partial charge in [-0.1, -0.05) is 30.7 Å². The summed E-state index contributed by atoms with van der Waals surface area (Å²) in [7, 11) is 1.63. The summed E-state index contributed by atoms with van der Waals surface area (Å²) in [6.07, 6.45) is 0. The molecule has 0 saturated heterocycles. The Morgan fingerprint density at radius 1 is 1.08 bits per heavy atom. The molecule has 2 aromatic rings. The molecule has 0 aliphatic carbocycles. The number of benzene rings is 2. The molecule has 0 aliphatic rings. The lowest BCUT2D eigenvalue weighted by molar-refractivity contribution is -0.117. The van der Waals surface area contributed by atoms with Gasteiger partial charge in [-0.3, -0.25) is 9.69 Å². The third kappa shape index (κ3) is 5.77. The number of hydrogen-bond acceptors (Lipinski definition) is 4. The van der Waals surface area contributed by atoms with Crippen molar-refractivity contribution >= 4 is 11.6 Å². The van der Waals surface area contributed by atoms with E-state index in [1.54, 1.807) is 7.11 Å². The minimum atomic E-state index is -0.0198. The van der Waals surface area contributed by atoms with E-state index in [-0.39, 0.29) is 5.91 Å². The van der Waals surface area contributed by atoms with E-state index in [0.29, 0.717) is 25.4 Å². The minimum Gasteiger partial charge on any atom is -0.493 e. The number of carbonyl (C=O) groups is 1. The average Bonchev–Trinajstić information content (AvgIpc) is 2.64. The van der Waals surface area contributed by atoms with Crippen molar-refractivity contribution in [2.24, 2.45) is 0 Å². The number of anilines is 1. The zero-order valence-corrected chi connectivity index (χ0v) is 16.0. The molecule has 0 radical (unpaired) electrons. The largest absolute Gasteiger partial charge is 0.493 e. The van der Waals surface area contributed by atoms with Gasteiger partial charge in [0.15, 0.2) is 11.5 Å². The lowest BCUT2D eigenvalue weighted by atomic mass is 10.2. The minimum absolute atomic E-state index is 0.0198. The number of amides is 1. The van der Waals surface area contributed by atoms with E-state index in [9.17, 15) is 4.79 Å². The van der Waals surface area contributed by atoms with Crippen molar-refractivity contribution < 1.29 is 14.3 Å². The number of hydrogen-bond donors (Lipinski definition) is 1. The first kappa shape index (κ1) is 19.8. The number of rotatable bonds is 9. The van der Waals surface area contributed by atoms with Crippen LogP contribution >= 0.6 is 0 Å². The molecular formula is C21H28N2O3. The summed E-state index contributed by atoms with van der Waals surface area (Å²) in [6.45, 7) is 8.38. The molecule has 2 aromatic carbocycles. The third-order valence-electron chi connectivity index (χ3n) is 4.08. The van der Waals surface area contributed by atoms with E-state index < -0.39 is 0 Å². The standard InChI is InChI=1S/C21H28N2O3/c1-5-23(15-21(24)22-18-10-7-16(3)8-11-18)14-17-9-12-19(26-6-2)20(13-17)25-4/h7-13H,5-6,14-15H2,1-4H3,(H,22,24). The first-order valence-electron chi connectivity index (χ1n) is 8.94. The van der Waals surface area contributed by atoms with Gasteiger partial charge in [0.05, 0.1) is 20.3 Å². The van der Waals surface area contributed by atoms with Crippen LogP contribution in [0.5, 0.6) is 11.5 Å². The highest BCUT2D eigenvalue weighted by atomic mass is 16.5. The maximum Gasteiger partial charge on any atom is 0.238 e. The van der Waals surface area contributed by atoms with E-state index >= 15 is 0 Å². The van der Waals surface area contributed by atoms with Crippen molar-refractivity contribution in [3.63, 3.8) is 0 Å². The molecule has 1 N–H and O–H groups in total. The highest BCUT2D eigenvalue weighted by Crippen LogP contribution is 2.28. The SMILES string of the molecule is CCOc1ccc(CN(CC)CC(=O)Nc2ccc(C)cc2)cc1OC. The van der Waals surface area contributed by atoms with Crippen LogP contribution < -0.4 is 14.8 Å². The van der Waals surface area contributed by atoms with Gasteiger partial charge >= 0.3 is 0 Å². The molecule has 5 nitrogen and oxygen atoms in total. The topological polar surface area (TPSA) is 50.8 Å². The van der Waals surface area contributed by atoms with Gasteiger partial charge in [-0.05, 0) is 50.2 Å². The lowest BCUT2D eigenvalue weighted by Gasteiger charge is -2.21. The van der Waals surface area contributed by atoms with Gasteiger partial charge in [-0.15, -0.1) is 0 Å². The number of likely N-dealkylation sites (N-methyl/N-ethyl adjacent to an activating group) is 1. The van der Waals surface area contributed by atoms with E-state index in [4.69, 9.17) is 9.47 Å². The molecule has 26 heavy (non-hydrogen) atoms. The molecule has 0 saturated carbocycles. The summed E-state index contributed by atoms with van der Waals surface area (Å²) in [5, 5.41) is 2.94. The van der Waals surface area contributed by atoms with Crippen LogP contribution in [-0.4, -0.2) is 37.6 Å². The quantitative estimate of drug-likeness (QED) is 0.741. The van der Waals surface area contributed by atoms with E-state index in [2.05, 4.69) is 10.2 Å². The first-order valence-corrected chi connectivity index (χ1v) is 8.94. The fraction of sp³-hybridized carbons (Fsp3) is 0.381. The summed E-state index contributed by atoms with van der Waals surface area (Å²) in [4.78, 5) is 14.4. The van der Waals surface area contributed by atoms with Gasteiger partial charge in [0, 0.05) is 12.2 Å². The number of methoxy groups -OCH3 is 1. The van der Waals surface area contributed by atoms with E-state index in [0.717, 1.165) is 23.5 Å². The predicted octanol–water partition coefficient (Wildman–Crippen LogP) is 3.86. The average molecular weight is 356 g/mol. The van der Waals surface area contributed by atoms with Gasteiger partial charge < -0.3 is 14.8 Å². The molecule has 2 rings (SSSR count). The lowest BCUT2D eigenvalue weighted by Crippen LogP contribution is -2.32. The fourth-order valence-corrected chi connectivity index (χ4v) is 2.66. The second kappa shape index (κ2) is 9.82. The van der Waals surface area contributed by atoms with E-state index in [1.165, 1.54) is 5.56 Å². The van der Waals surface area contributed by atoms with Gasteiger partial charge in [0.25, 0.3) is 0 Å². The smallest absolute Gasteiger partial charge is 0.238 e. The van der Waals surface area contributed by atoms with Crippen LogP contribution in [0.25, 0.3) is 0 Å². The zero-order valence-electron chi connectivity index (χ0n) is 16.0. The molecule has 0 aromatic heterocycles. The van der Waals surface area contributed by atoms with Crippen LogP contribution in [0.15, 0.2) is 42.5 Å². The normalized spacial score (nSPS) is 10.7. The van der Waals surface area contributed by atoms with Crippen LogP contribution in [0.2, 0.25) is 0 Å². The van der Waals surface area contributed by atoms with Gasteiger partial charge in [0.2, 0.25) is 5.91 Å². The molecule has 0 unspecified atom stereocenters. The maximum atomic E-state index is 12.3. The van der Waals surface area contributed by atoms with Crippen molar-refractivity contribution in [1.29, 1.82) is 0 Å². The Bertz CT molecular complexity index is 714. The molecule has 1 amide bonds. The summed E-state index contributed by atoms with van der Waals surface area (Å²) >= 11 is 0. The molecular weight excluding hydrogens is 328 g/mol. The van der Waals surface area contributed by atoms with Crippen molar-refractivity contribution in [1.82, 2.24) is 4.90 Å². The summed E-state index contributed by atoms with van der Waals surface area (Å²) in [5.41, 5.74) is 3.07. The monoisotopic (exact) mass is 356 g/mol. The van der Waals surface area contributed by atoms with Crippen LogP contribution in [-0.2, 0) is 11.3 Å². The zero-order chi connectivity index (χ0) is 18.9. The number of carbonyl (C=O) groups excluding carboxylic acids is 1. The Hall–Kier alpha value is -2.53. The van der Waals surface area contributed by atoms with Crippen molar-refractivity contribution in [2.75, 3.05) is 32.1 Å². The number of nitrogens with zero attached hydrogens (tertiary/aromatic N) is 1. The summed E-state index contributed by atoms with van der Waals surface area (Å²) < 4.78 is 11.0. The second-order valence-corrected chi connectivity index (χ2v) is 6.14. The molecule has 140 valence electrons. The van der Waals surface area contributed by atoms with Crippen LogP contribution in [0.3, 0.4) is 0 Å². The molecule has 0 aliphatic heterocycles. The highest BCUT2D eigenvalue weighted by molar-refractivity contribution is 5.92. The third-order valence-corrected chi connectivity index (χ3v) is 4.08. The van der Waals surface area contributed by atoms with Crippen LogP contribution in [0.1, 0.15) is 25.0 Å². The maximum absolute atomic E-state index is 12.3. The number of nitrogens with one attached hydrogen (secondary N) is 1. The Labute approximate surface area is 155 Å². The summed E-state index contributed by atoms with van der Waals surface area (Å²) in [5.74, 6) is 1.43. The predicted molar refractivity (Wildman–Crippen MR) is 105 cm³/mol. The molecule has 0 bridgehead atoms. The number of ether oxygens (including phenoxy) is 2. The molecule has 0 atom stereocenters. The van der Waals surface area contributed by atoms with E-state index in [1.807, 2.05) is 63.2 Å². The van der Waals surface area contributed by atoms with Gasteiger partial charge in [-0.25, -0.2) is 0 Å². The van der Waals surface area contributed by atoms with Crippen molar-refractivity contribution in [3.8, 4) is 11.5 Å². The Kier molecular flexibility index (Phi) is 7.48. The van der Waals surface area contributed by atoms with Crippen molar-refractivity contribution in [3.05, 3.63) is 53.6 Å². The van der Waals surface area contributed by atoms with Crippen LogP contribution in [0.4, 0.5) is 5.69 Å². The molecule has 0 spiro atoms. The molecule has 5 heteroatoms. The highest BCUT2D eigenvalue weighted by Gasteiger charge is 2.12. The van der Waals surface area contributed by atoms with Gasteiger partial charge in [-0.2, -0.15) is 0 Å². The Balaban J connectivity index is 1.97. The Morgan fingerprint density at radius 3 is 2.42 bits per heavy atom. The van der Waals surface area contributed by atoms with Gasteiger partial charge in [0.1, 0.15) is 0 Å².